The SMILES string of the molecule is CNCC1OCCN(c2ccccc2C)C1=O. The van der Waals surface area contributed by atoms with Gasteiger partial charge in [-0.05, 0) is 25.6 Å². The number of para-hydroxylation sites is 1. The number of ether oxygens (including phenoxy) is 1. The van der Waals surface area contributed by atoms with Crippen LogP contribution in [0.4, 0.5) is 5.69 Å². The Labute approximate surface area is 102 Å². The van der Waals surface area contributed by atoms with Gasteiger partial charge in [0, 0.05) is 18.8 Å². The van der Waals surface area contributed by atoms with E-state index in [2.05, 4.69) is 5.32 Å². The number of aryl methyl sites for hydroxylation is 1. The molecule has 0 spiro atoms. The zero-order valence-corrected chi connectivity index (χ0v) is 10.3. The minimum atomic E-state index is -0.367. The van der Waals surface area contributed by atoms with Crippen LogP contribution in [0.15, 0.2) is 24.3 Å². The van der Waals surface area contributed by atoms with Crippen molar-refractivity contribution < 1.29 is 9.53 Å². The molecule has 1 N–H and O–H groups in total. The van der Waals surface area contributed by atoms with Crippen molar-refractivity contribution in [3.8, 4) is 0 Å². The number of amides is 1. The topological polar surface area (TPSA) is 41.6 Å². The molecule has 4 nitrogen and oxygen atoms in total. The summed E-state index contributed by atoms with van der Waals surface area (Å²) in [5, 5.41) is 2.98. The molecule has 1 amide bonds. The minimum Gasteiger partial charge on any atom is -0.365 e. The first-order valence-electron chi connectivity index (χ1n) is 5.87. The second-order valence-corrected chi connectivity index (χ2v) is 4.19. The van der Waals surface area contributed by atoms with Gasteiger partial charge in [0.05, 0.1) is 6.61 Å². The number of carbonyl (C=O) groups is 1. The largest absolute Gasteiger partial charge is 0.365 e. The number of rotatable bonds is 3. The van der Waals surface area contributed by atoms with Crippen LogP contribution in [-0.4, -0.2) is 38.8 Å². The van der Waals surface area contributed by atoms with E-state index >= 15 is 0 Å². The first-order chi connectivity index (χ1) is 8.24. The van der Waals surface area contributed by atoms with E-state index < -0.39 is 0 Å². The van der Waals surface area contributed by atoms with Gasteiger partial charge in [-0.25, -0.2) is 0 Å². The van der Waals surface area contributed by atoms with Crippen molar-refractivity contribution in [3.05, 3.63) is 29.8 Å². The van der Waals surface area contributed by atoms with Crippen LogP contribution >= 0.6 is 0 Å². The number of hydrogen-bond acceptors (Lipinski definition) is 3. The highest BCUT2D eigenvalue weighted by Crippen LogP contribution is 2.22. The highest BCUT2D eigenvalue weighted by molar-refractivity contribution is 5.97. The van der Waals surface area contributed by atoms with Crippen LogP contribution < -0.4 is 10.2 Å². The summed E-state index contributed by atoms with van der Waals surface area (Å²) in [4.78, 5) is 14.0. The predicted molar refractivity (Wildman–Crippen MR) is 67.2 cm³/mol. The zero-order valence-electron chi connectivity index (χ0n) is 10.3. The highest BCUT2D eigenvalue weighted by Gasteiger charge is 2.30. The molecule has 0 bridgehead atoms. The molecular weight excluding hydrogens is 216 g/mol. The molecule has 1 saturated heterocycles. The van der Waals surface area contributed by atoms with Gasteiger partial charge in [-0.3, -0.25) is 4.79 Å². The number of benzene rings is 1. The van der Waals surface area contributed by atoms with Gasteiger partial charge in [-0.15, -0.1) is 0 Å². The molecule has 0 saturated carbocycles. The Bertz CT molecular complexity index is 404. The van der Waals surface area contributed by atoms with Gasteiger partial charge in [0.2, 0.25) is 0 Å². The van der Waals surface area contributed by atoms with Crippen LogP contribution in [0.5, 0.6) is 0 Å². The van der Waals surface area contributed by atoms with E-state index in [1.807, 2.05) is 43.1 Å². The molecule has 1 aliphatic heterocycles. The van der Waals surface area contributed by atoms with Crippen molar-refractivity contribution >= 4 is 11.6 Å². The van der Waals surface area contributed by atoms with Crippen LogP contribution in [-0.2, 0) is 9.53 Å². The lowest BCUT2D eigenvalue weighted by Gasteiger charge is -2.33. The lowest BCUT2D eigenvalue weighted by Crippen LogP contribution is -2.51. The Hall–Kier alpha value is -1.39. The Morgan fingerprint density at radius 1 is 1.47 bits per heavy atom. The first-order valence-corrected chi connectivity index (χ1v) is 5.87. The van der Waals surface area contributed by atoms with Crippen molar-refractivity contribution in [2.24, 2.45) is 0 Å². The minimum absolute atomic E-state index is 0.0416. The standard InChI is InChI=1S/C13H18N2O2/c1-10-5-3-4-6-11(10)15-7-8-17-12(9-14-2)13(15)16/h3-6,12,14H,7-9H2,1-2H3. The normalized spacial score (nSPS) is 20.7. The Balaban J connectivity index is 2.21. The molecular formula is C13H18N2O2. The van der Waals surface area contributed by atoms with Crippen LogP contribution in [0, 0.1) is 6.92 Å². The molecule has 17 heavy (non-hydrogen) atoms. The van der Waals surface area contributed by atoms with Crippen molar-refractivity contribution in [3.63, 3.8) is 0 Å². The van der Waals surface area contributed by atoms with Crippen LogP contribution in [0.1, 0.15) is 5.56 Å². The maximum atomic E-state index is 12.2. The van der Waals surface area contributed by atoms with E-state index in [4.69, 9.17) is 4.74 Å². The van der Waals surface area contributed by atoms with E-state index in [0.717, 1.165) is 11.3 Å². The molecule has 2 rings (SSSR count). The average Bonchev–Trinajstić information content (AvgIpc) is 2.33. The molecule has 1 unspecified atom stereocenters. The van der Waals surface area contributed by atoms with Gasteiger partial charge in [0.1, 0.15) is 6.10 Å². The molecule has 0 radical (unpaired) electrons. The Morgan fingerprint density at radius 2 is 2.24 bits per heavy atom. The average molecular weight is 234 g/mol. The number of likely N-dealkylation sites (N-methyl/N-ethyl adjacent to an activating group) is 1. The lowest BCUT2D eigenvalue weighted by atomic mass is 10.1. The third kappa shape index (κ3) is 2.48. The smallest absolute Gasteiger partial charge is 0.257 e. The summed E-state index contributed by atoms with van der Waals surface area (Å²) >= 11 is 0. The predicted octanol–water partition coefficient (Wildman–Crippen LogP) is 0.946. The van der Waals surface area contributed by atoms with Crippen LogP contribution in [0.2, 0.25) is 0 Å². The third-order valence-corrected chi connectivity index (χ3v) is 2.97. The van der Waals surface area contributed by atoms with Crippen molar-refractivity contribution in [1.29, 1.82) is 0 Å². The molecule has 1 aromatic rings. The molecule has 1 atom stereocenters. The molecule has 4 heteroatoms. The van der Waals surface area contributed by atoms with Crippen LogP contribution in [0.25, 0.3) is 0 Å². The van der Waals surface area contributed by atoms with Gasteiger partial charge >= 0.3 is 0 Å². The van der Waals surface area contributed by atoms with E-state index in [9.17, 15) is 4.79 Å². The summed E-state index contributed by atoms with van der Waals surface area (Å²) in [5.74, 6) is 0.0416. The second kappa shape index (κ2) is 5.29. The Kier molecular flexibility index (Phi) is 3.76. The van der Waals surface area contributed by atoms with E-state index in [1.165, 1.54) is 0 Å². The fourth-order valence-electron chi connectivity index (χ4n) is 2.08. The molecule has 1 aliphatic rings. The number of anilines is 1. The fourth-order valence-corrected chi connectivity index (χ4v) is 2.08. The maximum absolute atomic E-state index is 12.2. The second-order valence-electron chi connectivity index (χ2n) is 4.19. The molecule has 1 heterocycles. The van der Waals surface area contributed by atoms with Gasteiger partial charge in [0.25, 0.3) is 5.91 Å². The quantitative estimate of drug-likeness (QED) is 0.846. The van der Waals surface area contributed by atoms with E-state index in [0.29, 0.717) is 19.7 Å². The van der Waals surface area contributed by atoms with Crippen molar-refractivity contribution in [2.45, 2.75) is 13.0 Å². The van der Waals surface area contributed by atoms with Gasteiger partial charge in [0.15, 0.2) is 0 Å². The van der Waals surface area contributed by atoms with Crippen LogP contribution in [0.3, 0.4) is 0 Å². The number of nitrogens with zero attached hydrogens (tertiary/aromatic N) is 1. The van der Waals surface area contributed by atoms with Gasteiger partial charge < -0.3 is 15.0 Å². The summed E-state index contributed by atoms with van der Waals surface area (Å²) in [6, 6.07) is 7.94. The Morgan fingerprint density at radius 3 is 2.94 bits per heavy atom. The van der Waals surface area contributed by atoms with Gasteiger partial charge in [-0.2, -0.15) is 0 Å². The molecule has 1 aromatic carbocycles. The molecule has 1 fully saturated rings. The summed E-state index contributed by atoms with van der Waals surface area (Å²) in [6.07, 6.45) is -0.367. The first kappa shape index (κ1) is 12.1. The molecule has 0 aliphatic carbocycles. The summed E-state index contributed by atoms with van der Waals surface area (Å²) < 4.78 is 5.47. The number of hydrogen-bond donors (Lipinski definition) is 1. The highest BCUT2D eigenvalue weighted by atomic mass is 16.5. The van der Waals surface area contributed by atoms with E-state index in [-0.39, 0.29) is 12.0 Å². The number of carbonyl (C=O) groups excluding carboxylic acids is 1. The molecule has 0 aromatic heterocycles. The van der Waals surface area contributed by atoms with Gasteiger partial charge in [-0.1, -0.05) is 18.2 Å². The fraction of sp³-hybridized carbons (Fsp3) is 0.462. The zero-order chi connectivity index (χ0) is 12.3. The summed E-state index contributed by atoms with van der Waals surface area (Å²) in [7, 11) is 1.82. The van der Waals surface area contributed by atoms with Crippen molar-refractivity contribution in [2.75, 3.05) is 31.6 Å². The molecule has 92 valence electrons. The third-order valence-electron chi connectivity index (χ3n) is 2.97. The lowest BCUT2D eigenvalue weighted by molar-refractivity contribution is -0.133. The summed E-state index contributed by atoms with van der Waals surface area (Å²) in [5.41, 5.74) is 2.10. The number of nitrogens with one attached hydrogen (secondary N) is 1. The monoisotopic (exact) mass is 234 g/mol. The number of morpholine rings is 1. The van der Waals surface area contributed by atoms with Crippen molar-refractivity contribution in [1.82, 2.24) is 5.32 Å². The maximum Gasteiger partial charge on any atom is 0.257 e. The van der Waals surface area contributed by atoms with E-state index in [1.54, 1.807) is 0 Å². The summed E-state index contributed by atoms with van der Waals surface area (Å²) in [6.45, 7) is 3.79.